The SMILES string of the molecule is CC1Cc2cc(C3NCC(I)CN3)ccc2O1. The predicted molar refractivity (Wildman–Crippen MR) is 76.8 cm³/mol. The number of benzene rings is 1. The zero-order valence-corrected chi connectivity index (χ0v) is 12.0. The smallest absolute Gasteiger partial charge is 0.123 e. The van der Waals surface area contributed by atoms with E-state index in [2.05, 4.69) is 58.3 Å². The van der Waals surface area contributed by atoms with Crippen molar-refractivity contribution in [3.63, 3.8) is 0 Å². The van der Waals surface area contributed by atoms with Gasteiger partial charge in [-0.15, -0.1) is 0 Å². The first-order valence-corrected chi connectivity index (χ1v) is 7.37. The number of hydrogen-bond acceptors (Lipinski definition) is 3. The van der Waals surface area contributed by atoms with Crippen molar-refractivity contribution in [3.8, 4) is 5.75 Å². The van der Waals surface area contributed by atoms with Crippen molar-refractivity contribution < 1.29 is 4.74 Å². The van der Waals surface area contributed by atoms with Gasteiger partial charge in [-0.25, -0.2) is 0 Å². The van der Waals surface area contributed by atoms with E-state index >= 15 is 0 Å². The van der Waals surface area contributed by atoms with Gasteiger partial charge in [0.15, 0.2) is 0 Å². The fourth-order valence-corrected chi connectivity index (χ4v) is 3.00. The molecule has 1 atom stereocenters. The van der Waals surface area contributed by atoms with E-state index in [0.717, 1.165) is 25.3 Å². The summed E-state index contributed by atoms with van der Waals surface area (Å²) in [4.78, 5) is 0. The van der Waals surface area contributed by atoms with Crippen LogP contribution in [0, 0.1) is 0 Å². The lowest BCUT2D eigenvalue weighted by atomic mass is 10.0. The van der Waals surface area contributed by atoms with Gasteiger partial charge in [0.2, 0.25) is 0 Å². The summed E-state index contributed by atoms with van der Waals surface area (Å²) >= 11 is 2.47. The van der Waals surface area contributed by atoms with Crippen LogP contribution >= 0.6 is 22.6 Å². The number of rotatable bonds is 1. The van der Waals surface area contributed by atoms with Crippen molar-refractivity contribution in [2.75, 3.05) is 13.1 Å². The van der Waals surface area contributed by atoms with Gasteiger partial charge in [-0.05, 0) is 30.2 Å². The first-order valence-electron chi connectivity index (χ1n) is 6.12. The first kappa shape index (κ1) is 11.7. The molecule has 2 N–H and O–H groups in total. The van der Waals surface area contributed by atoms with E-state index in [4.69, 9.17) is 4.74 Å². The lowest BCUT2D eigenvalue weighted by molar-refractivity contribution is 0.254. The van der Waals surface area contributed by atoms with E-state index in [1.807, 2.05) is 0 Å². The Labute approximate surface area is 115 Å². The highest BCUT2D eigenvalue weighted by molar-refractivity contribution is 14.1. The maximum atomic E-state index is 5.72. The second kappa shape index (κ2) is 4.74. The molecule has 1 unspecified atom stereocenters. The molecule has 1 aromatic rings. The van der Waals surface area contributed by atoms with Gasteiger partial charge in [0.1, 0.15) is 11.9 Å². The van der Waals surface area contributed by atoms with Crippen molar-refractivity contribution in [1.29, 1.82) is 0 Å². The Hall–Kier alpha value is -0.330. The molecule has 1 fully saturated rings. The third kappa shape index (κ3) is 2.44. The average Bonchev–Trinajstić information content (AvgIpc) is 2.69. The van der Waals surface area contributed by atoms with Gasteiger partial charge >= 0.3 is 0 Å². The molecule has 0 aromatic heterocycles. The van der Waals surface area contributed by atoms with Crippen molar-refractivity contribution in [1.82, 2.24) is 10.6 Å². The normalized spacial score (nSPS) is 32.0. The molecular formula is C13H17IN2O. The number of halogens is 1. The fraction of sp³-hybridized carbons (Fsp3) is 0.538. The van der Waals surface area contributed by atoms with Gasteiger partial charge in [-0.2, -0.15) is 0 Å². The van der Waals surface area contributed by atoms with Crippen LogP contribution in [-0.2, 0) is 6.42 Å². The second-order valence-electron chi connectivity index (χ2n) is 4.85. The molecule has 0 spiro atoms. The maximum Gasteiger partial charge on any atom is 0.123 e. The molecule has 0 saturated carbocycles. The Balaban J connectivity index is 1.78. The highest BCUT2D eigenvalue weighted by Gasteiger charge is 2.23. The van der Waals surface area contributed by atoms with E-state index in [1.165, 1.54) is 11.1 Å². The molecular weight excluding hydrogens is 327 g/mol. The van der Waals surface area contributed by atoms with Gasteiger partial charge in [0.25, 0.3) is 0 Å². The molecule has 2 aliphatic heterocycles. The number of fused-ring (bicyclic) bond motifs is 1. The second-order valence-corrected chi connectivity index (χ2v) is 6.61. The summed E-state index contributed by atoms with van der Waals surface area (Å²) in [5.74, 6) is 1.06. The molecule has 0 amide bonds. The monoisotopic (exact) mass is 344 g/mol. The highest BCUT2D eigenvalue weighted by atomic mass is 127. The van der Waals surface area contributed by atoms with Crippen molar-refractivity contribution in [2.24, 2.45) is 0 Å². The highest BCUT2D eigenvalue weighted by Crippen LogP contribution is 2.31. The van der Waals surface area contributed by atoms with Crippen LogP contribution in [0.4, 0.5) is 0 Å². The first-order chi connectivity index (χ1) is 8.22. The van der Waals surface area contributed by atoms with Crippen LogP contribution < -0.4 is 15.4 Å². The van der Waals surface area contributed by atoms with E-state index in [0.29, 0.717) is 16.2 Å². The zero-order valence-electron chi connectivity index (χ0n) is 9.87. The third-order valence-electron chi connectivity index (χ3n) is 3.34. The quantitative estimate of drug-likeness (QED) is 0.604. The van der Waals surface area contributed by atoms with Crippen LogP contribution in [-0.4, -0.2) is 23.1 Å². The minimum absolute atomic E-state index is 0.294. The van der Waals surface area contributed by atoms with Gasteiger partial charge in [-0.1, -0.05) is 28.7 Å². The Kier molecular flexibility index (Phi) is 3.28. The number of ether oxygens (including phenoxy) is 1. The summed E-state index contributed by atoms with van der Waals surface area (Å²) in [7, 11) is 0. The predicted octanol–water partition coefficient (Wildman–Crippen LogP) is 2.00. The standard InChI is InChI=1S/C13H17IN2O/c1-8-4-10-5-9(2-3-12(10)17-8)13-15-6-11(14)7-16-13/h2-3,5,8,11,13,15-16H,4,6-7H2,1H3. The van der Waals surface area contributed by atoms with E-state index in [9.17, 15) is 0 Å². The minimum atomic E-state index is 0.294. The topological polar surface area (TPSA) is 33.3 Å². The van der Waals surface area contributed by atoms with Crippen LogP contribution in [0.2, 0.25) is 0 Å². The Morgan fingerprint density at radius 3 is 2.82 bits per heavy atom. The van der Waals surface area contributed by atoms with Crippen molar-refractivity contribution in [3.05, 3.63) is 29.3 Å². The molecule has 92 valence electrons. The molecule has 0 aliphatic carbocycles. The summed E-state index contributed by atoms with van der Waals surface area (Å²) in [5.41, 5.74) is 2.67. The van der Waals surface area contributed by atoms with Crippen LogP contribution in [0.3, 0.4) is 0 Å². The molecule has 1 saturated heterocycles. The Morgan fingerprint density at radius 2 is 2.06 bits per heavy atom. The lowest BCUT2D eigenvalue weighted by Crippen LogP contribution is -2.47. The number of alkyl halides is 1. The van der Waals surface area contributed by atoms with Gasteiger partial charge in [0, 0.05) is 23.4 Å². The molecule has 3 nitrogen and oxygen atoms in total. The largest absolute Gasteiger partial charge is 0.490 e. The summed E-state index contributed by atoms with van der Waals surface area (Å²) in [6, 6.07) is 6.54. The van der Waals surface area contributed by atoms with Crippen LogP contribution in [0.1, 0.15) is 24.2 Å². The maximum absolute atomic E-state index is 5.72. The summed E-state index contributed by atoms with van der Waals surface area (Å²) in [5, 5.41) is 7.06. The number of hydrogen-bond donors (Lipinski definition) is 2. The number of nitrogens with one attached hydrogen (secondary N) is 2. The van der Waals surface area contributed by atoms with Crippen LogP contribution in [0.5, 0.6) is 5.75 Å². The lowest BCUT2D eigenvalue weighted by Gasteiger charge is -2.29. The van der Waals surface area contributed by atoms with Crippen molar-refractivity contribution >= 4 is 22.6 Å². The van der Waals surface area contributed by atoms with Crippen LogP contribution in [0.15, 0.2) is 18.2 Å². The zero-order chi connectivity index (χ0) is 11.8. The molecule has 0 bridgehead atoms. The minimum Gasteiger partial charge on any atom is -0.490 e. The molecule has 1 aromatic carbocycles. The molecule has 0 radical (unpaired) electrons. The molecule has 4 heteroatoms. The molecule has 3 rings (SSSR count). The third-order valence-corrected chi connectivity index (χ3v) is 4.22. The van der Waals surface area contributed by atoms with E-state index in [1.54, 1.807) is 0 Å². The van der Waals surface area contributed by atoms with Gasteiger partial charge in [-0.3, -0.25) is 10.6 Å². The van der Waals surface area contributed by atoms with Crippen LogP contribution in [0.25, 0.3) is 0 Å². The van der Waals surface area contributed by atoms with E-state index < -0.39 is 0 Å². The average molecular weight is 344 g/mol. The summed E-state index contributed by atoms with van der Waals surface area (Å²) in [6.45, 7) is 4.27. The molecule has 2 aliphatic rings. The molecule has 17 heavy (non-hydrogen) atoms. The summed E-state index contributed by atoms with van der Waals surface area (Å²) in [6.07, 6.45) is 1.65. The fourth-order valence-electron chi connectivity index (χ4n) is 2.49. The van der Waals surface area contributed by atoms with Gasteiger partial charge < -0.3 is 4.74 Å². The van der Waals surface area contributed by atoms with E-state index in [-0.39, 0.29) is 0 Å². The Bertz CT molecular complexity index is 416. The molecule has 2 heterocycles. The van der Waals surface area contributed by atoms with Gasteiger partial charge in [0.05, 0.1) is 6.17 Å². The summed E-state index contributed by atoms with van der Waals surface area (Å²) < 4.78 is 6.41. The van der Waals surface area contributed by atoms with Crippen molar-refractivity contribution in [2.45, 2.75) is 29.5 Å². The Morgan fingerprint density at radius 1 is 1.29 bits per heavy atom.